The largest absolute Gasteiger partial charge is 0.364 e. The Morgan fingerprint density at radius 3 is 2.95 bits per heavy atom. The van der Waals surface area contributed by atoms with Crippen molar-refractivity contribution in [3.8, 4) is 0 Å². The van der Waals surface area contributed by atoms with Gasteiger partial charge >= 0.3 is 0 Å². The van der Waals surface area contributed by atoms with Crippen LogP contribution in [0.1, 0.15) is 33.1 Å². The molecule has 2 atom stereocenters. The molecule has 0 radical (unpaired) electrons. The SMILES string of the molecule is CCn1ncc(N2CCCCC2C(C)NC)c(Cl)c1=O. The van der Waals surface area contributed by atoms with Crippen molar-refractivity contribution in [1.82, 2.24) is 15.1 Å². The van der Waals surface area contributed by atoms with Gasteiger partial charge in [-0.3, -0.25) is 4.79 Å². The summed E-state index contributed by atoms with van der Waals surface area (Å²) in [5.74, 6) is 0. The molecule has 1 aliphatic heterocycles. The van der Waals surface area contributed by atoms with Crippen molar-refractivity contribution in [2.45, 2.75) is 51.7 Å². The van der Waals surface area contributed by atoms with Crippen molar-refractivity contribution < 1.29 is 0 Å². The maximum atomic E-state index is 12.1. The van der Waals surface area contributed by atoms with Gasteiger partial charge in [-0.1, -0.05) is 11.6 Å². The molecule has 6 heteroatoms. The quantitative estimate of drug-likeness (QED) is 0.922. The summed E-state index contributed by atoms with van der Waals surface area (Å²) in [5, 5.41) is 7.80. The normalized spacial score (nSPS) is 21.0. The van der Waals surface area contributed by atoms with Gasteiger partial charge in [0.15, 0.2) is 0 Å². The van der Waals surface area contributed by atoms with Crippen molar-refractivity contribution in [3.05, 3.63) is 21.6 Å². The zero-order chi connectivity index (χ0) is 14.7. The van der Waals surface area contributed by atoms with E-state index in [1.165, 1.54) is 11.1 Å². The molecule has 0 spiro atoms. The Morgan fingerprint density at radius 2 is 2.30 bits per heavy atom. The lowest BCUT2D eigenvalue weighted by Gasteiger charge is -2.40. The van der Waals surface area contributed by atoms with Crippen LogP contribution in [-0.4, -0.2) is 35.5 Å². The van der Waals surface area contributed by atoms with Gasteiger partial charge in [0, 0.05) is 25.2 Å². The van der Waals surface area contributed by atoms with E-state index < -0.39 is 0 Å². The predicted octanol–water partition coefficient (Wildman–Crippen LogP) is 1.88. The van der Waals surface area contributed by atoms with Gasteiger partial charge in [0.05, 0.1) is 11.9 Å². The molecule has 0 aliphatic carbocycles. The first-order valence-corrected chi connectivity index (χ1v) is 7.67. The second kappa shape index (κ2) is 6.59. The number of nitrogens with one attached hydrogen (secondary N) is 1. The van der Waals surface area contributed by atoms with Crippen LogP contribution in [0.15, 0.2) is 11.0 Å². The number of hydrogen-bond acceptors (Lipinski definition) is 4. The number of anilines is 1. The summed E-state index contributed by atoms with van der Waals surface area (Å²) in [6.45, 7) is 5.51. The van der Waals surface area contributed by atoms with E-state index in [0.717, 1.165) is 25.1 Å². The van der Waals surface area contributed by atoms with Gasteiger partial charge in [-0.25, -0.2) is 4.68 Å². The first kappa shape index (κ1) is 15.3. The van der Waals surface area contributed by atoms with Gasteiger partial charge in [-0.15, -0.1) is 0 Å². The van der Waals surface area contributed by atoms with Gasteiger partial charge in [0.2, 0.25) is 0 Å². The Morgan fingerprint density at radius 1 is 1.55 bits per heavy atom. The number of piperidine rings is 1. The maximum Gasteiger partial charge on any atom is 0.287 e. The summed E-state index contributed by atoms with van der Waals surface area (Å²) in [6.07, 6.45) is 5.17. The van der Waals surface area contributed by atoms with Crippen molar-refractivity contribution in [2.75, 3.05) is 18.5 Å². The van der Waals surface area contributed by atoms with E-state index in [0.29, 0.717) is 18.6 Å². The van der Waals surface area contributed by atoms with Crippen molar-refractivity contribution in [2.24, 2.45) is 0 Å². The average molecular weight is 299 g/mol. The van der Waals surface area contributed by atoms with Crippen molar-refractivity contribution in [1.29, 1.82) is 0 Å². The Balaban J connectivity index is 2.38. The van der Waals surface area contributed by atoms with Gasteiger partial charge in [-0.05, 0) is 40.2 Å². The highest BCUT2D eigenvalue weighted by Gasteiger charge is 2.29. The summed E-state index contributed by atoms with van der Waals surface area (Å²) < 4.78 is 1.40. The monoisotopic (exact) mass is 298 g/mol. The van der Waals surface area contributed by atoms with Crippen molar-refractivity contribution >= 4 is 17.3 Å². The molecule has 1 aromatic rings. The van der Waals surface area contributed by atoms with Crippen LogP contribution in [0.25, 0.3) is 0 Å². The minimum Gasteiger partial charge on any atom is -0.364 e. The lowest BCUT2D eigenvalue weighted by Crippen LogP contribution is -2.51. The van der Waals surface area contributed by atoms with E-state index in [2.05, 4.69) is 22.2 Å². The Kier molecular flexibility index (Phi) is 5.05. The van der Waals surface area contributed by atoms with Gasteiger partial charge in [0.25, 0.3) is 5.56 Å². The van der Waals surface area contributed by atoms with Gasteiger partial charge in [0.1, 0.15) is 5.02 Å². The van der Waals surface area contributed by atoms with Gasteiger partial charge < -0.3 is 10.2 Å². The molecule has 5 nitrogen and oxygen atoms in total. The third kappa shape index (κ3) is 2.83. The Bertz CT molecular complexity index is 516. The zero-order valence-corrected chi connectivity index (χ0v) is 13.2. The maximum absolute atomic E-state index is 12.1. The zero-order valence-electron chi connectivity index (χ0n) is 12.4. The van der Waals surface area contributed by atoms with Crippen LogP contribution >= 0.6 is 11.6 Å². The molecule has 1 saturated heterocycles. The van der Waals surface area contributed by atoms with E-state index in [4.69, 9.17) is 11.6 Å². The molecule has 1 aliphatic rings. The molecule has 2 heterocycles. The molecule has 0 bridgehead atoms. The van der Waals surface area contributed by atoms with E-state index in [-0.39, 0.29) is 10.6 Å². The highest BCUT2D eigenvalue weighted by atomic mass is 35.5. The molecule has 1 N–H and O–H groups in total. The molecular weight excluding hydrogens is 276 g/mol. The first-order chi connectivity index (χ1) is 9.60. The Labute approximate surface area is 124 Å². The second-order valence-corrected chi connectivity index (χ2v) is 5.68. The molecule has 1 aromatic heterocycles. The third-order valence-corrected chi connectivity index (χ3v) is 4.51. The average Bonchev–Trinajstić information content (AvgIpc) is 2.49. The highest BCUT2D eigenvalue weighted by Crippen LogP contribution is 2.29. The van der Waals surface area contributed by atoms with E-state index in [1.54, 1.807) is 6.20 Å². The number of halogens is 1. The topological polar surface area (TPSA) is 50.2 Å². The third-order valence-electron chi connectivity index (χ3n) is 4.16. The molecule has 112 valence electrons. The standard InChI is InChI=1S/C14H23ClN4O/c1-4-19-14(20)13(15)12(9-17-19)18-8-6-5-7-11(18)10(2)16-3/h9-11,16H,4-8H2,1-3H3. The van der Waals surface area contributed by atoms with Crippen LogP contribution in [0.3, 0.4) is 0 Å². The number of hydrogen-bond donors (Lipinski definition) is 1. The first-order valence-electron chi connectivity index (χ1n) is 7.29. The molecule has 0 amide bonds. The van der Waals surface area contributed by atoms with Crippen LogP contribution in [-0.2, 0) is 6.54 Å². The summed E-state index contributed by atoms with van der Waals surface area (Å²) in [4.78, 5) is 14.4. The van der Waals surface area contributed by atoms with Crippen LogP contribution in [0.5, 0.6) is 0 Å². The molecular formula is C14H23ClN4O. The number of aryl methyl sites for hydroxylation is 1. The number of likely N-dealkylation sites (N-methyl/N-ethyl adjacent to an activating group) is 1. The van der Waals surface area contributed by atoms with E-state index >= 15 is 0 Å². The smallest absolute Gasteiger partial charge is 0.287 e. The summed E-state index contributed by atoms with van der Waals surface area (Å²) in [7, 11) is 1.96. The molecule has 2 unspecified atom stereocenters. The summed E-state index contributed by atoms with van der Waals surface area (Å²) in [5.41, 5.74) is 0.571. The van der Waals surface area contributed by atoms with E-state index in [1.807, 2.05) is 14.0 Å². The minimum absolute atomic E-state index is 0.201. The lowest BCUT2D eigenvalue weighted by molar-refractivity contribution is 0.381. The molecule has 20 heavy (non-hydrogen) atoms. The van der Waals surface area contributed by atoms with Crippen molar-refractivity contribution in [3.63, 3.8) is 0 Å². The lowest BCUT2D eigenvalue weighted by atomic mass is 9.96. The van der Waals surface area contributed by atoms with Crippen LogP contribution in [0.2, 0.25) is 5.02 Å². The van der Waals surface area contributed by atoms with Crippen LogP contribution < -0.4 is 15.8 Å². The fourth-order valence-corrected chi connectivity index (χ4v) is 3.11. The Hall–Kier alpha value is -1.07. The fraction of sp³-hybridized carbons (Fsp3) is 0.714. The molecule has 1 fully saturated rings. The van der Waals surface area contributed by atoms with Crippen LogP contribution in [0.4, 0.5) is 5.69 Å². The summed E-state index contributed by atoms with van der Waals surface area (Å²) in [6, 6.07) is 0.699. The predicted molar refractivity (Wildman–Crippen MR) is 82.7 cm³/mol. The number of rotatable bonds is 4. The fourth-order valence-electron chi connectivity index (χ4n) is 2.85. The number of aromatic nitrogens is 2. The highest BCUT2D eigenvalue weighted by molar-refractivity contribution is 6.33. The molecule has 2 rings (SSSR count). The second-order valence-electron chi connectivity index (χ2n) is 5.30. The molecule has 0 aromatic carbocycles. The van der Waals surface area contributed by atoms with Gasteiger partial charge in [-0.2, -0.15) is 5.10 Å². The number of nitrogens with zero attached hydrogens (tertiary/aromatic N) is 3. The minimum atomic E-state index is -0.201. The molecule has 0 saturated carbocycles. The van der Waals surface area contributed by atoms with E-state index in [9.17, 15) is 4.79 Å². The van der Waals surface area contributed by atoms with Crippen LogP contribution in [0, 0.1) is 0 Å². The summed E-state index contributed by atoms with van der Waals surface area (Å²) >= 11 is 6.29.